The van der Waals surface area contributed by atoms with Gasteiger partial charge in [0.25, 0.3) is 0 Å². The third-order valence-electron chi connectivity index (χ3n) is 5.99. The van der Waals surface area contributed by atoms with Crippen LogP contribution in [0.4, 0.5) is 11.8 Å². The van der Waals surface area contributed by atoms with Crippen LogP contribution < -0.4 is 16.0 Å². The molecular weight excluding hydrogens is 398 g/mol. The van der Waals surface area contributed by atoms with E-state index in [2.05, 4.69) is 82.1 Å². The molecule has 3 N–H and O–H groups in total. The van der Waals surface area contributed by atoms with Crippen LogP contribution in [0.25, 0.3) is 22.3 Å². The van der Waals surface area contributed by atoms with Crippen molar-refractivity contribution < 1.29 is 0 Å². The third-order valence-corrected chi connectivity index (χ3v) is 5.99. The summed E-state index contributed by atoms with van der Waals surface area (Å²) in [6.45, 7) is 6.59. The van der Waals surface area contributed by atoms with E-state index in [4.69, 9.17) is 15.7 Å². The predicted molar refractivity (Wildman–Crippen MR) is 130 cm³/mol. The Kier molecular flexibility index (Phi) is 5.49. The molecule has 1 aliphatic rings. The Morgan fingerprint density at radius 2 is 1.78 bits per heavy atom. The van der Waals surface area contributed by atoms with Gasteiger partial charge in [0, 0.05) is 31.7 Å². The molecule has 2 aromatic heterocycles. The first-order chi connectivity index (χ1) is 15.6. The molecule has 164 valence electrons. The maximum atomic E-state index is 6.13. The molecule has 1 aliphatic heterocycles. The first-order valence-electron chi connectivity index (χ1n) is 11.2. The first-order valence-corrected chi connectivity index (χ1v) is 11.2. The van der Waals surface area contributed by atoms with Crippen molar-refractivity contribution in [2.75, 3.05) is 23.3 Å². The zero-order valence-corrected chi connectivity index (χ0v) is 18.6. The average Bonchev–Trinajstić information content (AvgIpc) is 3.45. The van der Waals surface area contributed by atoms with Gasteiger partial charge in [-0.05, 0) is 37.0 Å². The molecule has 5 rings (SSSR count). The van der Waals surface area contributed by atoms with Gasteiger partial charge in [0.1, 0.15) is 0 Å². The number of imidazole rings is 1. The van der Waals surface area contributed by atoms with Gasteiger partial charge in [-0.25, -0.2) is 4.98 Å². The number of aromatic nitrogens is 4. The Balaban J connectivity index is 1.42. The fraction of sp³-hybridized carbons (Fsp3) is 0.320. The summed E-state index contributed by atoms with van der Waals surface area (Å²) in [6, 6.07) is 19.5. The quantitative estimate of drug-likeness (QED) is 0.479. The Hall–Kier alpha value is -3.45. The van der Waals surface area contributed by atoms with Crippen molar-refractivity contribution in [3.05, 3.63) is 66.5 Å². The Morgan fingerprint density at radius 1 is 1.03 bits per heavy atom. The largest absolute Gasteiger partial charge is 0.364 e. The third kappa shape index (κ3) is 4.03. The number of fused-ring (bicyclic) bond motifs is 1. The molecule has 1 saturated heterocycles. The summed E-state index contributed by atoms with van der Waals surface area (Å²) >= 11 is 0. The number of hydrogen-bond acceptors (Lipinski definition) is 6. The monoisotopic (exact) mass is 427 g/mol. The van der Waals surface area contributed by atoms with Crippen molar-refractivity contribution in [2.24, 2.45) is 5.73 Å². The van der Waals surface area contributed by atoms with E-state index in [1.165, 1.54) is 16.7 Å². The van der Waals surface area contributed by atoms with Crippen LogP contribution in [-0.4, -0.2) is 38.7 Å². The summed E-state index contributed by atoms with van der Waals surface area (Å²) in [5.74, 6) is 1.48. The molecule has 0 aliphatic carbocycles. The van der Waals surface area contributed by atoms with E-state index >= 15 is 0 Å². The summed E-state index contributed by atoms with van der Waals surface area (Å²) < 4.78 is 2.09. The highest BCUT2D eigenvalue weighted by molar-refractivity contribution is 5.84. The second-order valence-corrected chi connectivity index (χ2v) is 8.70. The van der Waals surface area contributed by atoms with Crippen molar-refractivity contribution in [2.45, 2.75) is 38.9 Å². The molecule has 7 nitrogen and oxygen atoms in total. The molecule has 0 bridgehead atoms. The first kappa shape index (κ1) is 20.5. The second kappa shape index (κ2) is 8.59. The van der Waals surface area contributed by atoms with Crippen molar-refractivity contribution in [1.29, 1.82) is 0 Å². The van der Waals surface area contributed by atoms with Crippen LogP contribution in [0.3, 0.4) is 0 Å². The van der Waals surface area contributed by atoms with Crippen LogP contribution in [0.5, 0.6) is 0 Å². The molecule has 4 aromatic rings. The summed E-state index contributed by atoms with van der Waals surface area (Å²) in [4.78, 5) is 16.5. The lowest BCUT2D eigenvalue weighted by Gasteiger charge is -2.18. The molecule has 0 amide bonds. The van der Waals surface area contributed by atoms with Gasteiger partial charge >= 0.3 is 0 Å². The van der Waals surface area contributed by atoms with Crippen LogP contribution in [0.15, 0.2) is 60.9 Å². The topological polar surface area (TPSA) is 84.9 Å². The molecule has 32 heavy (non-hydrogen) atoms. The number of rotatable bonds is 6. The van der Waals surface area contributed by atoms with Gasteiger partial charge in [-0.3, -0.25) is 0 Å². The minimum Gasteiger partial charge on any atom is -0.364 e. The minimum atomic E-state index is 0.170. The van der Waals surface area contributed by atoms with E-state index in [0.717, 1.165) is 42.4 Å². The Morgan fingerprint density at radius 3 is 2.47 bits per heavy atom. The maximum absolute atomic E-state index is 6.13. The molecule has 0 unspecified atom stereocenters. The number of anilines is 2. The molecule has 7 heteroatoms. The predicted octanol–water partition coefficient (Wildman–Crippen LogP) is 4.22. The van der Waals surface area contributed by atoms with Gasteiger partial charge in [-0.15, -0.1) is 0 Å². The lowest BCUT2D eigenvalue weighted by molar-refractivity contribution is 0.612. The fourth-order valence-electron chi connectivity index (χ4n) is 4.15. The maximum Gasteiger partial charge on any atom is 0.229 e. The molecule has 0 saturated carbocycles. The van der Waals surface area contributed by atoms with E-state index in [1.807, 2.05) is 12.4 Å². The summed E-state index contributed by atoms with van der Waals surface area (Å²) in [5.41, 5.74) is 11.4. The smallest absolute Gasteiger partial charge is 0.229 e. The lowest BCUT2D eigenvalue weighted by Crippen LogP contribution is -2.28. The van der Waals surface area contributed by atoms with Gasteiger partial charge in [-0.1, -0.05) is 54.6 Å². The van der Waals surface area contributed by atoms with Gasteiger partial charge in [0.2, 0.25) is 5.95 Å². The standard InChI is InChI=1S/C25H29N7/c1-17(2)32-16-28-22-23(29-25(30-24(22)32)31-13-12-21(26)15-31)27-14-18-8-10-20(11-9-18)19-6-4-3-5-7-19/h3-11,16-17,21H,12-15,26H2,1-2H3,(H,27,29,30)/t21-/m1/s1. The number of nitrogens with two attached hydrogens (primary N) is 1. The molecule has 0 radical (unpaired) electrons. The number of hydrogen-bond donors (Lipinski definition) is 2. The van der Waals surface area contributed by atoms with Gasteiger partial charge < -0.3 is 20.5 Å². The van der Waals surface area contributed by atoms with E-state index in [1.54, 1.807) is 0 Å². The number of benzene rings is 2. The molecule has 1 fully saturated rings. The highest BCUT2D eigenvalue weighted by atomic mass is 15.3. The SMILES string of the molecule is CC(C)n1cnc2c(NCc3ccc(-c4ccccc4)cc3)nc(N3CC[C@@H](N)C3)nc21. The van der Waals surface area contributed by atoms with Gasteiger partial charge in [-0.2, -0.15) is 9.97 Å². The molecule has 1 atom stereocenters. The van der Waals surface area contributed by atoms with Crippen LogP contribution in [-0.2, 0) is 6.54 Å². The molecule has 0 spiro atoms. The molecule has 3 heterocycles. The minimum absolute atomic E-state index is 0.170. The van der Waals surface area contributed by atoms with E-state index < -0.39 is 0 Å². The van der Waals surface area contributed by atoms with E-state index in [-0.39, 0.29) is 12.1 Å². The summed E-state index contributed by atoms with van der Waals surface area (Å²) in [7, 11) is 0. The van der Waals surface area contributed by atoms with Crippen LogP contribution in [0.1, 0.15) is 31.9 Å². The average molecular weight is 428 g/mol. The van der Waals surface area contributed by atoms with Crippen molar-refractivity contribution in [1.82, 2.24) is 19.5 Å². The van der Waals surface area contributed by atoms with Crippen LogP contribution in [0.2, 0.25) is 0 Å². The summed E-state index contributed by atoms with van der Waals surface area (Å²) in [5, 5.41) is 3.51. The van der Waals surface area contributed by atoms with Crippen molar-refractivity contribution in [3.8, 4) is 11.1 Å². The van der Waals surface area contributed by atoms with Gasteiger partial charge in [0.05, 0.1) is 6.33 Å². The fourth-order valence-corrected chi connectivity index (χ4v) is 4.15. The highest BCUT2D eigenvalue weighted by Gasteiger charge is 2.24. The van der Waals surface area contributed by atoms with E-state index in [9.17, 15) is 0 Å². The second-order valence-electron chi connectivity index (χ2n) is 8.70. The highest BCUT2D eigenvalue weighted by Crippen LogP contribution is 2.27. The van der Waals surface area contributed by atoms with Crippen LogP contribution >= 0.6 is 0 Å². The van der Waals surface area contributed by atoms with Gasteiger partial charge in [0.15, 0.2) is 17.0 Å². The van der Waals surface area contributed by atoms with E-state index in [0.29, 0.717) is 6.54 Å². The zero-order valence-electron chi connectivity index (χ0n) is 18.6. The zero-order chi connectivity index (χ0) is 22.1. The number of nitrogens with one attached hydrogen (secondary N) is 1. The van der Waals surface area contributed by atoms with Crippen molar-refractivity contribution >= 4 is 22.9 Å². The summed E-state index contributed by atoms with van der Waals surface area (Å²) in [6.07, 6.45) is 2.81. The van der Waals surface area contributed by atoms with Crippen molar-refractivity contribution in [3.63, 3.8) is 0 Å². The normalized spacial score (nSPS) is 16.2. The molecule has 2 aromatic carbocycles. The number of nitrogens with zero attached hydrogens (tertiary/aromatic N) is 5. The lowest BCUT2D eigenvalue weighted by atomic mass is 10.0. The Bertz CT molecular complexity index is 1200. The van der Waals surface area contributed by atoms with Crippen LogP contribution in [0, 0.1) is 0 Å². The Labute approximate surface area is 188 Å². The molecular formula is C25H29N7.